The first kappa shape index (κ1) is 16.4. The number of hydrogen-bond donors (Lipinski definition) is 2. The zero-order valence-electron chi connectivity index (χ0n) is 10.6. The lowest BCUT2D eigenvalue weighted by molar-refractivity contribution is -0.150. The number of aliphatic hydroxyl groups excluding tert-OH is 1. The number of benzene rings is 1. The Balaban J connectivity index is 2.38. The fourth-order valence-corrected chi connectivity index (χ4v) is 1.55. The van der Waals surface area contributed by atoms with Crippen molar-refractivity contribution in [3.05, 3.63) is 28.5 Å². The van der Waals surface area contributed by atoms with Gasteiger partial charge in [-0.1, -0.05) is 15.9 Å². The van der Waals surface area contributed by atoms with E-state index in [9.17, 15) is 19.1 Å². The maximum atomic E-state index is 13.4. The first-order valence-corrected chi connectivity index (χ1v) is 6.33. The van der Waals surface area contributed by atoms with Crippen molar-refractivity contribution in [2.75, 3.05) is 20.3 Å². The van der Waals surface area contributed by atoms with Crippen LogP contribution in [-0.2, 0) is 14.3 Å². The van der Waals surface area contributed by atoms with Crippen molar-refractivity contribution in [2.24, 2.45) is 0 Å². The molecule has 2 N–H and O–H groups in total. The minimum atomic E-state index is -1.45. The molecule has 110 valence electrons. The molecule has 0 spiro atoms. The van der Waals surface area contributed by atoms with Crippen molar-refractivity contribution in [3.8, 4) is 5.75 Å². The summed E-state index contributed by atoms with van der Waals surface area (Å²) in [6.07, 6.45) is -1.45. The number of halogens is 2. The molecule has 0 aliphatic rings. The lowest BCUT2D eigenvalue weighted by atomic mass is 10.3. The highest BCUT2D eigenvalue weighted by atomic mass is 79.9. The van der Waals surface area contributed by atoms with E-state index in [0.29, 0.717) is 4.47 Å². The van der Waals surface area contributed by atoms with Gasteiger partial charge in [0.05, 0.1) is 13.7 Å². The molecule has 1 amide bonds. The maximum absolute atomic E-state index is 13.4. The second-order valence-corrected chi connectivity index (χ2v) is 4.62. The quantitative estimate of drug-likeness (QED) is 0.735. The molecule has 20 heavy (non-hydrogen) atoms. The molecule has 0 bridgehead atoms. The van der Waals surface area contributed by atoms with E-state index in [-0.39, 0.29) is 12.3 Å². The molecular formula is C12H13BrFNO5. The number of ether oxygens (including phenoxy) is 2. The predicted octanol–water partition coefficient (Wildman–Crippen LogP) is 0.617. The predicted molar refractivity (Wildman–Crippen MR) is 70.6 cm³/mol. The molecule has 1 atom stereocenters. The van der Waals surface area contributed by atoms with Crippen LogP contribution in [0.5, 0.6) is 5.75 Å². The van der Waals surface area contributed by atoms with E-state index in [0.717, 1.165) is 7.11 Å². The van der Waals surface area contributed by atoms with Crippen LogP contribution >= 0.6 is 15.9 Å². The largest absolute Gasteiger partial charge is 0.481 e. The summed E-state index contributed by atoms with van der Waals surface area (Å²) in [6, 6.07) is 4.14. The van der Waals surface area contributed by atoms with E-state index in [4.69, 9.17) is 4.74 Å². The highest BCUT2D eigenvalue weighted by molar-refractivity contribution is 9.10. The highest BCUT2D eigenvalue weighted by Gasteiger charge is 2.16. The van der Waals surface area contributed by atoms with Gasteiger partial charge in [-0.2, -0.15) is 0 Å². The van der Waals surface area contributed by atoms with Gasteiger partial charge in [-0.15, -0.1) is 0 Å². The van der Waals surface area contributed by atoms with Gasteiger partial charge in [-0.05, 0) is 18.2 Å². The minimum absolute atomic E-state index is 0.0723. The van der Waals surface area contributed by atoms with Gasteiger partial charge in [0.1, 0.15) is 0 Å². The molecule has 6 nitrogen and oxygen atoms in total. The number of hydrogen-bond acceptors (Lipinski definition) is 5. The fraction of sp³-hybridized carbons (Fsp3) is 0.333. The zero-order chi connectivity index (χ0) is 15.1. The van der Waals surface area contributed by atoms with E-state index in [1.54, 1.807) is 6.07 Å². The Hall–Kier alpha value is -1.67. The molecular weight excluding hydrogens is 337 g/mol. The summed E-state index contributed by atoms with van der Waals surface area (Å²) in [5, 5.41) is 11.5. The molecule has 8 heteroatoms. The number of esters is 1. The molecule has 0 fully saturated rings. The third-order valence-corrected chi connectivity index (χ3v) is 2.71. The van der Waals surface area contributed by atoms with E-state index in [2.05, 4.69) is 26.0 Å². The van der Waals surface area contributed by atoms with Gasteiger partial charge in [0.2, 0.25) is 0 Å². The van der Waals surface area contributed by atoms with Gasteiger partial charge in [0.15, 0.2) is 24.3 Å². The van der Waals surface area contributed by atoms with E-state index in [1.807, 2.05) is 0 Å². The molecule has 0 saturated heterocycles. The standard InChI is InChI=1S/C12H13BrFNO5/c1-19-12(18)9(16)5-15-11(17)6-20-10-3-2-7(13)4-8(10)14/h2-4,9,16H,5-6H2,1H3,(H,15,17). The van der Waals surface area contributed by atoms with Crippen LogP contribution in [0, 0.1) is 5.82 Å². The Morgan fingerprint density at radius 2 is 2.20 bits per heavy atom. The van der Waals surface area contributed by atoms with Crippen LogP contribution in [0.3, 0.4) is 0 Å². The van der Waals surface area contributed by atoms with Crippen molar-refractivity contribution in [2.45, 2.75) is 6.10 Å². The summed E-state index contributed by atoms with van der Waals surface area (Å²) in [5.41, 5.74) is 0. The van der Waals surface area contributed by atoms with Crippen LogP contribution in [-0.4, -0.2) is 43.3 Å². The molecule has 0 saturated carbocycles. The zero-order valence-corrected chi connectivity index (χ0v) is 12.1. The average molecular weight is 350 g/mol. The van der Waals surface area contributed by atoms with Crippen LogP contribution in [0.25, 0.3) is 0 Å². The Morgan fingerprint density at radius 1 is 1.50 bits per heavy atom. The summed E-state index contributed by atoms with van der Waals surface area (Å²) in [5.74, 6) is -2.14. The van der Waals surface area contributed by atoms with E-state index >= 15 is 0 Å². The van der Waals surface area contributed by atoms with Crippen LogP contribution < -0.4 is 10.1 Å². The number of carbonyl (C=O) groups is 2. The average Bonchev–Trinajstić information content (AvgIpc) is 2.42. The van der Waals surface area contributed by atoms with E-state index in [1.165, 1.54) is 12.1 Å². The van der Waals surface area contributed by atoms with Gasteiger partial charge in [0.25, 0.3) is 5.91 Å². The minimum Gasteiger partial charge on any atom is -0.481 e. The number of aliphatic hydroxyl groups is 1. The number of carbonyl (C=O) groups excluding carboxylic acids is 2. The molecule has 0 radical (unpaired) electrons. The molecule has 0 aromatic heterocycles. The summed E-state index contributed by atoms with van der Waals surface area (Å²) < 4.78 is 23.2. The molecule has 0 aliphatic carbocycles. The molecule has 0 heterocycles. The summed E-state index contributed by atoms with van der Waals surface area (Å²) in [4.78, 5) is 22.3. The fourth-order valence-electron chi connectivity index (χ4n) is 1.22. The van der Waals surface area contributed by atoms with Gasteiger partial charge < -0.3 is 19.9 Å². The summed E-state index contributed by atoms with van der Waals surface area (Å²) >= 11 is 3.09. The first-order chi connectivity index (χ1) is 9.43. The molecule has 1 aromatic rings. The van der Waals surface area contributed by atoms with Crippen molar-refractivity contribution < 1.29 is 28.6 Å². The van der Waals surface area contributed by atoms with Gasteiger partial charge in [0, 0.05) is 4.47 Å². The second kappa shape index (κ2) is 7.81. The molecule has 1 rings (SSSR count). The molecule has 1 unspecified atom stereocenters. The molecule has 0 aliphatic heterocycles. The van der Waals surface area contributed by atoms with Crippen LogP contribution in [0.1, 0.15) is 0 Å². The van der Waals surface area contributed by atoms with Crippen molar-refractivity contribution in [1.82, 2.24) is 5.32 Å². The lowest BCUT2D eigenvalue weighted by Crippen LogP contribution is -2.39. The summed E-state index contributed by atoms with van der Waals surface area (Å²) in [6.45, 7) is -0.746. The Morgan fingerprint density at radius 3 is 2.80 bits per heavy atom. The Bertz CT molecular complexity index is 497. The van der Waals surface area contributed by atoms with Gasteiger partial charge in [-0.25, -0.2) is 9.18 Å². The third kappa shape index (κ3) is 5.14. The monoisotopic (exact) mass is 349 g/mol. The molecule has 1 aromatic carbocycles. The SMILES string of the molecule is COC(=O)C(O)CNC(=O)COc1ccc(Br)cc1F. The number of rotatable bonds is 6. The number of nitrogens with one attached hydrogen (secondary N) is 1. The first-order valence-electron chi connectivity index (χ1n) is 5.54. The topological polar surface area (TPSA) is 84.9 Å². The smallest absolute Gasteiger partial charge is 0.336 e. The summed E-state index contributed by atoms with van der Waals surface area (Å²) in [7, 11) is 1.12. The van der Waals surface area contributed by atoms with Gasteiger partial charge >= 0.3 is 5.97 Å². The lowest BCUT2D eigenvalue weighted by Gasteiger charge is -2.11. The Labute approximate surface area is 123 Å². The van der Waals surface area contributed by atoms with Crippen LogP contribution in [0.4, 0.5) is 4.39 Å². The van der Waals surface area contributed by atoms with Crippen molar-refractivity contribution >= 4 is 27.8 Å². The second-order valence-electron chi connectivity index (χ2n) is 3.71. The highest BCUT2D eigenvalue weighted by Crippen LogP contribution is 2.21. The van der Waals surface area contributed by atoms with Crippen LogP contribution in [0.2, 0.25) is 0 Å². The maximum Gasteiger partial charge on any atom is 0.336 e. The third-order valence-electron chi connectivity index (χ3n) is 2.22. The van der Waals surface area contributed by atoms with Crippen molar-refractivity contribution in [3.63, 3.8) is 0 Å². The normalized spacial score (nSPS) is 11.6. The van der Waals surface area contributed by atoms with Gasteiger partial charge in [-0.3, -0.25) is 4.79 Å². The van der Waals surface area contributed by atoms with Crippen molar-refractivity contribution in [1.29, 1.82) is 0 Å². The number of methoxy groups -OCH3 is 1. The van der Waals surface area contributed by atoms with Crippen LogP contribution in [0.15, 0.2) is 22.7 Å². The van der Waals surface area contributed by atoms with E-state index < -0.39 is 30.4 Å². The Kier molecular flexibility index (Phi) is 6.40. The number of amides is 1.